The molecule has 2 aliphatic heterocycles. The van der Waals surface area contributed by atoms with E-state index in [1.165, 1.54) is 12.3 Å². The van der Waals surface area contributed by atoms with Crippen molar-refractivity contribution < 1.29 is 13.9 Å². The Morgan fingerprint density at radius 2 is 2.32 bits per heavy atom. The second-order valence-corrected chi connectivity index (χ2v) is 8.23. The molecule has 0 N–H and O–H groups in total. The summed E-state index contributed by atoms with van der Waals surface area (Å²) in [6.07, 6.45) is 3.42. The highest BCUT2D eigenvalue weighted by atomic mass is 32.2. The second-order valence-electron chi connectivity index (χ2n) is 6.74. The summed E-state index contributed by atoms with van der Waals surface area (Å²) in [5.74, 6) is 1.64. The van der Waals surface area contributed by atoms with E-state index in [1.54, 1.807) is 6.07 Å². The van der Waals surface area contributed by atoms with Crippen molar-refractivity contribution in [2.45, 2.75) is 30.6 Å². The predicted octanol–water partition coefficient (Wildman–Crippen LogP) is 2.34. The molecule has 1 aromatic rings. The third-order valence-corrected chi connectivity index (χ3v) is 6.45. The molecule has 22 heavy (non-hydrogen) atoms. The molecule has 4 rings (SSSR count). The van der Waals surface area contributed by atoms with Crippen LogP contribution >= 0.6 is 11.8 Å². The molecule has 1 amide bonds. The van der Waals surface area contributed by atoms with Gasteiger partial charge in [-0.1, -0.05) is 6.92 Å². The highest BCUT2D eigenvalue weighted by Crippen LogP contribution is 2.48. The van der Waals surface area contributed by atoms with Crippen LogP contribution in [0.25, 0.3) is 0 Å². The lowest BCUT2D eigenvalue weighted by atomic mass is 9.92. The smallest absolute Gasteiger partial charge is 0.250 e. The van der Waals surface area contributed by atoms with E-state index in [0.717, 1.165) is 31.7 Å². The second kappa shape index (κ2) is 5.11. The Morgan fingerprint density at radius 1 is 1.55 bits per heavy atom. The summed E-state index contributed by atoms with van der Waals surface area (Å²) in [5.41, 5.74) is 0. The van der Waals surface area contributed by atoms with Crippen LogP contribution in [0.5, 0.6) is 5.88 Å². The Hall–Kier alpha value is -1.30. The first-order valence-corrected chi connectivity index (χ1v) is 8.75. The van der Waals surface area contributed by atoms with Crippen molar-refractivity contribution in [1.29, 1.82) is 0 Å². The molecule has 118 valence electrons. The summed E-state index contributed by atoms with van der Waals surface area (Å²) in [7, 11) is 0. The standard InChI is InChI=1S/C16H19FN2O2S/c1-10-5-12(10)15(20)19-8-16(9-19)6-11(7-22-16)21-14-13(17)3-2-4-18-14/h2-4,10-12H,5-9H2,1H3/t10-,11-,12-/m1/s1. The minimum Gasteiger partial charge on any atom is -0.471 e. The maximum Gasteiger partial charge on any atom is 0.250 e. The number of halogens is 1. The number of rotatable bonds is 3. The topological polar surface area (TPSA) is 42.4 Å². The largest absolute Gasteiger partial charge is 0.471 e. The maximum atomic E-state index is 13.6. The molecule has 0 bridgehead atoms. The molecule has 3 atom stereocenters. The molecule has 1 aromatic heterocycles. The summed E-state index contributed by atoms with van der Waals surface area (Å²) in [6, 6.07) is 2.92. The van der Waals surface area contributed by atoms with Gasteiger partial charge in [0.1, 0.15) is 6.10 Å². The molecule has 2 saturated heterocycles. The van der Waals surface area contributed by atoms with Gasteiger partial charge < -0.3 is 9.64 Å². The molecular weight excluding hydrogens is 303 g/mol. The van der Waals surface area contributed by atoms with Crippen molar-refractivity contribution in [1.82, 2.24) is 9.88 Å². The van der Waals surface area contributed by atoms with Gasteiger partial charge in [-0.2, -0.15) is 0 Å². The number of ether oxygens (including phenoxy) is 1. The lowest BCUT2D eigenvalue weighted by molar-refractivity contribution is -0.138. The van der Waals surface area contributed by atoms with Crippen LogP contribution in [0.3, 0.4) is 0 Å². The Morgan fingerprint density at radius 3 is 3.00 bits per heavy atom. The number of aromatic nitrogens is 1. The van der Waals surface area contributed by atoms with Crippen LogP contribution in [-0.2, 0) is 4.79 Å². The van der Waals surface area contributed by atoms with E-state index < -0.39 is 5.82 Å². The Bertz CT molecular complexity index is 606. The van der Waals surface area contributed by atoms with Gasteiger partial charge in [-0.05, 0) is 24.5 Å². The zero-order valence-electron chi connectivity index (χ0n) is 12.5. The van der Waals surface area contributed by atoms with Crippen LogP contribution in [0.4, 0.5) is 4.39 Å². The molecule has 3 aliphatic rings. The number of pyridine rings is 1. The normalized spacial score (nSPS) is 31.9. The summed E-state index contributed by atoms with van der Waals surface area (Å²) >= 11 is 1.85. The molecule has 0 aromatic carbocycles. The van der Waals surface area contributed by atoms with Crippen molar-refractivity contribution in [3.63, 3.8) is 0 Å². The van der Waals surface area contributed by atoms with Crippen molar-refractivity contribution in [2.24, 2.45) is 11.8 Å². The minimum absolute atomic E-state index is 0.0218. The summed E-state index contributed by atoms with van der Waals surface area (Å²) in [4.78, 5) is 18.1. The van der Waals surface area contributed by atoms with E-state index in [0.29, 0.717) is 11.8 Å². The monoisotopic (exact) mass is 322 g/mol. The van der Waals surface area contributed by atoms with E-state index >= 15 is 0 Å². The summed E-state index contributed by atoms with van der Waals surface area (Å²) < 4.78 is 19.4. The van der Waals surface area contributed by atoms with Gasteiger partial charge in [0.05, 0.1) is 4.75 Å². The van der Waals surface area contributed by atoms with Crippen molar-refractivity contribution in [3.05, 3.63) is 24.1 Å². The SMILES string of the molecule is C[C@@H]1C[C@H]1C(=O)N1CC2(C[C@@H](Oc3ncccc3F)CS2)C1. The summed E-state index contributed by atoms with van der Waals surface area (Å²) in [5, 5.41) is 0. The van der Waals surface area contributed by atoms with Gasteiger partial charge in [0.2, 0.25) is 5.91 Å². The third-order valence-electron chi connectivity index (χ3n) is 4.87. The molecule has 3 heterocycles. The zero-order chi connectivity index (χ0) is 15.3. The van der Waals surface area contributed by atoms with Crippen LogP contribution in [0.15, 0.2) is 18.3 Å². The number of hydrogen-bond acceptors (Lipinski definition) is 4. The Kier molecular flexibility index (Phi) is 3.33. The minimum atomic E-state index is -0.415. The molecule has 1 saturated carbocycles. The molecule has 4 nitrogen and oxygen atoms in total. The molecule has 1 aliphatic carbocycles. The van der Waals surface area contributed by atoms with E-state index in [9.17, 15) is 9.18 Å². The first kappa shape index (κ1) is 14.3. The zero-order valence-corrected chi connectivity index (χ0v) is 13.3. The van der Waals surface area contributed by atoms with Crippen molar-refractivity contribution in [3.8, 4) is 5.88 Å². The van der Waals surface area contributed by atoms with Gasteiger partial charge >= 0.3 is 0 Å². The number of nitrogens with zero attached hydrogens (tertiary/aromatic N) is 2. The number of likely N-dealkylation sites (tertiary alicyclic amines) is 1. The van der Waals surface area contributed by atoms with Crippen LogP contribution in [0.2, 0.25) is 0 Å². The van der Waals surface area contributed by atoms with E-state index in [2.05, 4.69) is 11.9 Å². The average Bonchev–Trinajstić information content (AvgIpc) is 3.04. The van der Waals surface area contributed by atoms with Crippen LogP contribution in [0, 0.1) is 17.7 Å². The number of amides is 1. The molecule has 0 unspecified atom stereocenters. The van der Waals surface area contributed by atoms with Crippen LogP contribution < -0.4 is 4.74 Å². The van der Waals surface area contributed by atoms with Gasteiger partial charge in [-0.15, -0.1) is 11.8 Å². The van der Waals surface area contributed by atoms with E-state index in [1.807, 2.05) is 16.7 Å². The average molecular weight is 322 g/mol. The van der Waals surface area contributed by atoms with Crippen molar-refractivity contribution in [2.75, 3.05) is 18.8 Å². The van der Waals surface area contributed by atoms with Gasteiger partial charge in [0.15, 0.2) is 5.82 Å². The fraction of sp³-hybridized carbons (Fsp3) is 0.625. The molecule has 0 radical (unpaired) electrons. The lowest BCUT2D eigenvalue weighted by Crippen LogP contribution is -2.61. The fourth-order valence-electron chi connectivity index (χ4n) is 3.42. The molecule has 6 heteroatoms. The highest BCUT2D eigenvalue weighted by Gasteiger charge is 2.54. The van der Waals surface area contributed by atoms with Gasteiger partial charge in [0.25, 0.3) is 5.88 Å². The third kappa shape index (κ3) is 2.47. The van der Waals surface area contributed by atoms with Gasteiger partial charge in [-0.3, -0.25) is 4.79 Å². The number of thioether (sulfide) groups is 1. The number of carbonyl (C=O) groups is 1. The van der Waals surface area contributed by atoms with Crippen LogP contribution in [-0.4, -0.2) is 45.5 Å². The number of hydrogen-bond donors (Lipinski definition) is 0. The Labute approximate surface area is 133 Å². The highest BCUT2D eigenvalue weighted by molar-refractivity contribution is 8.01. The van der Waals surface area contributed by atoms with Crippen molar-refractivity contribution >= 4 is 17.7 Å². The first-order valence-electron chi connectivity index (χ1n) is 7.76. The van der Waals surface area contributed by atoms with E-state index in [-0.39, 0.29) is 22.6 Å². The molecule has 1 spiro atoms. The Balaban J connectivity index is 1.32. The van der Waals surface area contributed by atoms with Gasteiger partial charge in [0, 0.05) is 37.4 Å². The molecular formula is C16H19FN2O2S. The van der Waals surface area contributed by atoms with Gasteiger partial charge in [-0.25, -0.2) is 9.37 Å². The van der Waals surface area contributed by atoms with Crippen LogP contribution in [0.1, 0.15) is 19.8 Å². The van der Waals surface area contributed by atoms with E-state index in [4.69, 9.17) is 4.74 Å². The fourth-order valence-corrected chi connectivity index (χ4v) is 4.94. The summed E-state index contributed by atoms with van der Waals surface area (Å²) in [6.45, 7) is 3.75. The lowest BCUT2D eigenvalue weighted by Gasteiger charge is -2.47. The predicted molar refractivity (Wildman–Crippen MR) is 82.3 cm³/mol. The first-order chi connectivity index (χ1) is 10.6. The maximum absolute atomic E-state index is 13.6. The number of carbonyl (C=O) groups excluding carboxylic acids is 1. The quantitative estimate of drug-likeness (QED) is 0.857. The molecule has 3 fully saturated rings.